The number of urea groups is 1. The molecule has 2 rings (SSSR count). The molecule has 0 aromatic heterocycles. The van der Waals surface area contributed by atoms with Crippen molar-refractivity contribution in [1.29, 1.82) is 0 Å². The quantitative estimate of drug-likeness (QED) is 0.555. The smallest absolute Gasteiger partial charge is 0.338 e. The normalized spacial score (nSPS) is 16.0. The maximum absolute atomic E-state index is 11.9. The van der Waals surface area contributed by atoms with E-state index in [9.17, 15) is 14.4 Å². The molecule has 1 fully saturated rings. The number of hydrogen-bond acceptors (Lipinski definition) is 5. The van der Waals surface area contributed by atoms with Gasteiger partial charge in [0, 0.05) is 12.6 Å². The summed E-state index contributed by atoms with van der Waals surface area (Å²) in [7, 11) is 6.29. The fourth-order valence-corrected chi connectivity index (χ4v) is 2.62. The molecule has 1 atom stereocenters. The van der Waals surface area contributed by atoms with E-state index in [4.69, 9.17) is 9.47 Å². The van der Waals surface area contributed by atoms with Gasteiger partial charge in [-0.3, -0.25) is 14.5 Å². The van der Waals surface area contributed by atoms with Crippen LogP contribution in [0.4, 0.5) is 4.79 Å². The third-order valence-electron chi connectivity index (χ3n) is 4.01. The molecule has 8 nitrogen and oxygen atoms in total. The highest BCUT2D eigenvalue weighted by Crippen LogP contribution is 2.29. The Bertz CT molecular complexity index is 689. The molecule has 1 N–H and O–H groups in total. The van der Waals surface area contributed by atoms with Crippen LogP contribution in [0.15, 0.2) is 12.1 Å². The lowest BCUT2D eigenvalue weighted by Gasteiger charge is -2.20. The Labute approximate surface area is 140 Å². The van der Waals surface area contributed by atoms with Crippen LogP contribution in [-0.4, -0.2) is 62.6 Å². The van der Waals surface area contributed by atoms with Crippen LogP contribution in [0.1, 0.15) is 11.1 Å². The first-order valence-electron chi connectivity index (χ1n) is 7.46. The van der Waals surface area contributed by atoms with Gasteiger partial charge in [0.25, 0.3) is 0 Å². The highest BCUT2D eigenvalue weighted by atomic mass is 16.5. The van der Waals surface area contributed by atoms with E-state index in [1.807, 2.05) is 26.1 Å². The number of carbonyl (C=O) groups excluding carboxylic acids is 3. The van der Waals surface area contributed by atoms with Crippen LogP contribution in [0.25, 0.3) is 0 Å². The molecule has 8 heteroatoms. The number of hydrogen-bond donors (Lipinski definition) is 1. The van der Waals surface area contributed by atoms with Crippen molar-refractivity contribution in [3.05, 3.63) is 23.3 Å². The summed E-state index contributed by atoms with van der Waals surface area (Å²) < 4.78 is 10.6. The van der Waals surface area contributed by atoms with Gasteiger partial charge in [-0.05, 0) is 24.6 Å². The lowest BCUT2D eigenvalue weighted by molar-refractivity contribution is -0.901. The number of rotatable bonds is 6. The summed E-state index contributed by atoms with van der Waals surface area (Å²) >= 11 is 0. The van der Waals surface area contributed by atoms with Gasteiger partial charge < -0.3 is 14.4 Å². The van der Waals surface area contributed by atoms with E-state index >= 15 is 0 Å². The lowest BCUT2D eigenvalue weighted by Crippen LogP contribution is -3.09. The Morgan fingerprint density at radius 1 is 1.04 bits per heavy atom. The van der Waals surface area contributed by atoms with Crippen molar-refractivity contribution in [2.24, 2.45) is 0 Å². The van der Waals surface area contributed by atoms with Crippen LogP contribution in [0, 0.1) is 6.92 Å². The number of carbonyl (C=O) groups is 3. The summed E-state index contributed by atoms with van der Waals surface area (Å²) in [4.78, 5) is 38.0. The third-order valence-corrected chi connectivity index (χ3v) is 4.01. The van der Waals surface area contributed by atoms with Crippen molar-refractivity contribution < 1.29 is 28.8 Å². The molecule has 130 valence electrons. The highest BCUT2D eigenvalue weighted by molar-refractivity contribution is 6.44. The molecule has 0 bridgehead atoms. The summed E-state index contributed by atoms with van der Waals surface area (Å²) in [5.74, 6) is -0.316. The molecule has 1 aliphatic heterocycles. The van der Waals surface area contributed by atoms with Gasteiger partial charge in [0.2, 0.25) is 0 Å². The predicted octanol–water partition coefficient (Wildman–Crippen LogP) is -0.595. The molecule has 0 aliphatic carbocycles. The first kappa shape index (κ1) is 17.7. The molecule has 1 aliphatic rings. The summed E-state index contributed by atoms with van der Waals surface area (Å²) in [6.07, 6.45) is 0. The van der Waals surface area contributed by atoms with Gasteiger partial charge in [-0.1, -0.05) is 0 Å². The van der Waals surface area contributed by atoms with Crippen LogP contribution in [0.5, 0.6) is 11.5 Å². The number of benzene rings is 1. The van der Waals surface area contributed by atoms with E-state index in [1.54, 1.807) is 14.2 Å². The van der Waals surface area contributed by atoms with Gasteiger partial charge in [-0.25, -0.2) is 9.69 Å². The number of ether oxygens (including phenoxy) is 2. The van der Waals surface area contributed by atoms with Crippen molar-refractivity contribution in [2.75, 3.05) is 35.0 Å². The Balaban J connectivity index is 2.13. The van der Waals surface area contributed by atoms with Crippen molar-refractivity contribution >= 4 is 17.8 Å². The number of nitrogens with zero attached hydrogens (tertiary/aromatic N) is 2. The van der Waals surface area contributed by atoms with Gasteiger partial charge >= 0.3 is 17.8 Å². The van der Waals surface area contributed by atoms with E-state index in [0.29, 0.717) is 18.0 Å². The molecule has 1 unspecified atom stereocenters. The Kier molecular flexibility index (Phi) is 5.08. The molecule has 1 aromatic rings. The zero-order valence-electron chi connectivity index (χ0n) is 14.5. The molecular weight excluding hydrogens is 314 g/mol. The van der Waals surface area contributed by atoms with Crippen LogP contribution in [0.2, 0.25) is 0 Å². The number of methoxy groups -OCH3 is 2. The van der Waals surface area contributed by atoms with Gasteiger partial charge in [0.05, 0.1) is 21.3 Å². The number of aryl methyl sites for hydroxylation is 1. The number of nitrogens with one attached hydrogen (secondary N) is 1. The third kappa shape index (κ3) is 3.18. The maximum Gasteiger partial charge on any atom is 0.338 e. The van der Waals surface area contributed by atoms with Crippen molar-refractivity contribution in [1.82, 2.24) is 9.80 Å². The van der Waals surface area contributed by atoms with Crippen molar-refractivity contribution in [3.63, 3.8) is 0 Å². The lowest BCUT2D eigenvalue weighted by atomic mass is 10.1. The van der Waals surface area contributed by atoms with E-state index in [1.165, 1.54) is 7.05 Å². The molecule has 0 radical (unpaired) electrons. The Morgan fingerprint density at radius 3 is 2.12 bits per heavy atom. The molecule has 24 heavy (non-hydrogen) atoms. The minimum Gasteiger partial charge on any atom is -0.493 e. The fourth-order valence-electron chi connectivity index (χ4n) is 2.62. The first-order valence-corrected chi connectivity index (χ1v) is 7.46. The van der Waals surface area contributed by atoms with Crippen molar-refractivity contribution in [2.45, 2.75) is 13.5 Å². The second-order valence-electron chi connectivity index (χ2n) is 5.81. The second kappa shape index (κ2) is 6.88. The molecule has 1 aromatic carbocycles. The average Bonchev–Trinajstić information content (AvgIpc) is 2.74. The second-order valence-corrected chi connectivity index (χ2v) is 5.81. The van der Waals surface area contributed by atoms with Crippen LogP contribution in [-0.2, 0) is 16.1 Å². The van der Waals surface area contributed by atoms with Crippen LogP contribution >= 0.6 is 0 Å². The molecule has 1 saturated heterocycles. The number of likely N-dealkylation sites (N-methyl/N-ethyl adjacent to an activating group) is 1. The minimum absolute atomic E-state index is 0.113. The average molecular weight is 336 g/mol. The van der Waals surface area contributed by atoms with E-state index < -0.39 is 17.8 Å². The Morgan fingerprint density at radius 2 is 1.62 bits per heavy atom. The number of amides is 4. The zero-order valence-corrected chi connectivity index (χ0v) is 14.5. The SMILES string of the molecule is COc1cc(C)c(C[NH+](C)CN2C(=O)C(=O)N(C)C2=O)cc1OC. The zero-order chi connectivity index (χ0) is 18.0. The summed E-state index contributed by atoms with van der Waals surface area (Å²) in [6, 6.07) is 3.17. The first-order chi connectivity index (χ1) is 11.3. The molecule has 4 amide bonds. The molecular formula is C16H22N3O5+. The fraction of sp³-hybridized carbons (Fsp3) is 0.438. The van der Waals surface area contributed by atoms with Crippen molar-refractivity contribution in [3.8, 4) is 11.5 Å². The molecule has 1 heterocycles. The standard InChI is InChI=1S/C16H21N3O5/c1-10-6-12(23-4)13(24-5)7-11(10)8-17(2)9-19-15(21)14(20)18(3)16(19)22/h6-7H,8-9H2,1-5H3/p+1. The van der Waals surface area contributed by atoms with Crippen LogP contribution in [0.3, 0.4) is 0 Å². The predicted molar refractivity (Wildman–Crippen MR) is 84.8 cm³/mol. The maximum atomic E-state index is 11.9. The molecule has 0 spiro atoms. The Hall–Kier alpha value is -2.61. The minimum atomic E-state index is -0.796. The topological polar surface area (TPSA) is 80.6 Å². The van der Waals surface area contributed by atoms with E-state index in [0.717, 1.165) is 25.8 Å². The molecule has 0 saturated carbocycles. The van der Waals surface area contributed by atoms with Gasteiger partial charge in [-0.15, -0.1) is 0 Å². The monoisotopic (exact) mass is 336 g/mol. The largest absolute Gasteiger partial charge is 0.493 e. The van der Waals surface area contributed by atoms with Gasteiger partial charge in [-0.2, -0.15) is 0 Å². The summed E-state index contributed by atoms with van der Waals surface area (Å²) in [5.41, 5.74) is 2.02. The number of imide groups is 2. The highest BCUT2D eigenvalue weighted by Gasteiger charge is 2.43. The summed E-state index contributed by atoms with van der Waals surface area (Å²) in [5, 5.41) is 0. The van der Waals surface area contributed by atoms with Gasteiger partial charge in [0.15, 0.2) is 18.2 Å². The summed E-state index contributed by atoms with van der Waals surface area (Å²) in [6.45, 7) is 2.62. The van der Waals surface area contributed by atoms with E-state index in [2.05, 4.69) is 0 Å². The van der Waals surface area contributed by atoms with E-state index in [-0.39, 0.29) is 6.67 Å². The number of quaternary nitrogens is 1. The van der Waals surface area contributed by atoms with Crippen LogP contribution < -0.4 is 14.4 Å². The van der Waals surface area contributed by atoms with Gasteiger partial charge in [0.1, 0.15) is 6.54 Å².